The Hall–Kier alpha value is -3.41. The van der Waals surface area contributed by atoms with Crippen LogP contribution in [-0.4, -0.2) is 30.6 Å². The van der Waals surface area contributed by atoms with Gasteiger partial charge in [-0.15, -0.1) is 0 Å². The molecule has 6 heteroatoms. The van der Waals surface area contributed by atoms with Crippen molar-refractivity contribution < 1.29 is 23.8 Å². The van der Waals surface area contributed by atoms with Gasteiger partial charge in [-0.25, -0.2) is 14.6 Å². The second-order valence-corrected chi connectivity index (χ2v) is 6.33. The molecule has 0 aliphatic carbocycles. The minimum absolute atomic E-state index is 0.147. The molecule has 0 fully saturated rings. The monoisotopic (exact) mass is 379 g/mol. The summed E-state index contributed by atoms with van der Waals surface area (Å²) in [5, 5.41) is 0.848. The van der Waals surface area contributed by atoms with E-state index in [1.807, 2.05) is 56.3 Å². The van der Waals surface area contributed by atoms with Gasteiger partial charge in [-0.3, -0.25) is 0 Å². The van der Waals surface area contributed by atoms with Crippen molar-refractivity contribution >= 4 is 22.8 Å². The molecule has 0 aliphatic heterocycles. The van der Waals surface area contributed by atoms with Gasteiger partial charge in [0.25, 0.3) is 0 Å². The number of fused-ring (bicyclic) bond motifs is 1. The van der Waals surface area contributed by atoms with E-state index in [-0.39, 0.29) is 13.2 Å². The van der Waals surface area contributed by atoms with E-state index < -0.39 is 11.9 Å². The fourth-order valence-corrected chi connectivity index (χ4v) is 2.96. The molecule has 0 spiro atoms. The molecule has 0 saturated carbocycles. The highest BCUT2D eigenvalue weighted by atomic mass is 16.6. The molecule has 3 rings (SSSR count). The Bertz CT molecular complexity index is 1030. The molecule has 0 radical (unpaired) electrons. The van der Waals surface area contributed by atoms with Gasteiger partial charge in [-0.2, -0.15) is 0 Å². The van der Waals surface area contributed by atoms with Gasteiger partial charge in [0, 0.05) is 5.39 Å². The van der Waals surface area contributed by atoms with E-state index in [1.54, 1.807) is 6.07 Å². The Kier molecular flexibility index (Phi) is 5.89. The molecule has 0 N–H and O–H groups in total. The zero-order valence-corrected chi connectivity index (χ0v) is 16.0. The third kappa shape index (κ3) is 4.28. The summed E-state index contributed by atoms with van der Waals surface area (Å²) in [6.07, 6.45) is 0. The van der Waals surface area contributed by atoms with E-state index in [9.17, 15) is 9.59 Å². The number of methoxy groups -OCH3 is 1. The molecule has 3 aromatic rings. The molecule has 6 nitrogen and oxygen atoms in total. The average molecular weight is 379 g/mol. The van der Waals surface area contributed by atoms with Gasteiger partial charge >= 0.3 is 11.9 Å². The second-order valence-electron chi connectivity index (χ2n) is 6.33. The van der Waals surface area contributed by atoms with Crippen LogP contribution in [0.5, 0.6) is 5.75 Å². The van der Waals surface area contributed by atoms with E-state index in [1.165, 1.54) is 7.11 Å². The SMILES string of the molecule is COC(=O)c1c(COC(=O)COc2cccc(C)c2)nc2ccccc2c1C. The van der Waals surface area contributed by atoms with Gasteiger partial charge in [0.05, 0.1) is 23.9 Å². The Morgan fingerprint density at radius 1 is 1.04 bits per heavy atom. The van der Waals surface area contributed by atoms with Crippen molar-refractivity contribution in [3.63, 3.8) is 0 Å². The largest absolute Gasteiger partial charge is 0.482 e. The number of ether oxygens (including phenoxy) is 3. The predicted octanol–water partition coefficient (Wildman–Crippen LogP) is 3.76. The second kappa shape index (κ2) is 8.52. The first-order valence-electron chi connectivity index (χ1n) is 8.81. The molecule has 0 unspecified atom stereocenters. The van der Waals surface area contributed by atoms with E-state index >= 15 is 0 Å². The van der Waals surface area contributed by atoms with Gasteiger partial charge in [0.1, 0.15) is 12.4 Å². The van der Waals surface area contributed by atoms with Crippen molar-refractivity contribution in [3.05, 3.63) is 70.9 Å². The number of nitrogens with zero attached hydrogens (tertiary/aromatic N) is 1. The highest BCUT2D eigenvalue weighted by Gasteiger charge is 2.20. The van der Waals surface area contributed by atoms with E-state index in [0.717, 1.165) is 22.0 Å². The number of aryl methyl sites for hydroxylation is 2. The summed E-state index contributed by atoms with van der Waals surface area (Å²) in [4.78, 5) is 28.8. The lowest BCUT2D eigenvalue weighted by molar-refractivity contribution is -0.147. The summed E-state index contributed by atoms with van der Waals surface area (Å²) in [5.41, 5.74) is 3.15. The van der Waals surface area contributed by atoms with E-state index in [2.05, 4.69) is 4.98 Å². The van der Waals surface area contributed by atoms with E-state index in [4.69, 9.17) is 14.2 Å². The maximum absolute atomic E-state index is 12.3. The first-order valence-corrected chi connectivity index (χ1v) is 8.81. The lowest BCUT2D eigenvalue weighted by Gasteiger charge is -2.13. The van der Waals surface area contributed by atoms with Gasteiger partial charge in [0.15, 0.2) is 6.61 Å². The zero-order chi connectivity index (χ0) is 20.1. The maximum Gasteiger partial charge on any atom is 0.344 e. The van der Waals surface area contributed by atoms with Crippen LogP contribution < -0.4 is 4.74 Å². The molecule has 0 bridgehead atoms. The lowest BCUT2D eigenvalue weighted by atomic mass is 10.0. The number of para-hydroxylation sites is 1. The Balaban J connectivity index is 1.75. The highest BCUT2D eigenvalue weighted by Crippen LogP contribution is 2.24. The summed E-state index contributed by atoms with van der Waals surface area (Å²) in [6.45, 7) is 3.38. The van der Waals surface area contributed by atoms with Crippen LogP contribution in [0.4, 0.5) is 0 Å². The van der Waals surface area contributed by atoms with Crippen LogP contribution in [0.15, 0.2) is 48.5 Å². The fourth-order valence-electron chi connectivity index (χ4n) is 2.96. The van der Waals surface area contributed by atoms with Gasteiger partial charge in [0.2, 0.25) is 0 Å². The molecular formula is C22H21NO5. The first-order chi connectivity index (χ1) is 13.5. The number of hydrogen-bond donors (Lipinski definition) is 0. The van der Waals surface area contributed by atoms with Gasteiger partial charge < -0.3 is 14.2 Å². The number of esters is 2. The number of benzene rings is 2. The molecule has 1 aromatic heterocycles. The molecule has 144 valence electrons. The number of rotatable bonds is 6. The molecular weight excluding hydrogens is 358 g/mol. The number of pyridine rings is 1. The molecule has 0 atom stereocenters. The maximum atomic E-state index is 12.3. The normalized spacial score (nSPS) is 10.5. The van der Waals surface area contributed by atoms with Crippen LogP contribution in [0, 0.1) is 13.8 Å². The fraction of sp³-hybridized carbons (Fsp3) is 0.227. The topological polar surface area (TPSA) is 74.7 Å². The first kappa shape index (κ1) is 19.4. The van der Waals surface area contributed by atoms with Crippen LogP contribution >= 0.6 is 0 Å². The smallest absolute Gasteiger partial charge is 0.344 e. The number of hydrogen-bond acceptors (Lipinski definition) is 6. The predicted molar refractivity (Wildman–Crippen MR) is 104 cm³/mol. The van der Waals surface area contributed by atoms with Crippen molar-refractivity contribution in [2.24, 2.45) is 0 Å². The lowest BCUT2D eigenvalue weighted by Crippen LogP contribution is -2.17. The van der Waals surface area contributed by atoms with E-state index in [0.29, 0.717) is 17.0 Å². The van der Waals surface area contributed by atoms with Crippen molar-refractivity contribution in [3.8, 4) is 5.75 Å². The summed E-state index contributed by atoms with van der Waals surface area (Å²) in [6, 6.07) is 14.8. The quantitative estimate of drug-likeness (QED) is 0.607. The standard InChI is InChI=1S/C22H21NO5/c1-14-7-6-8-16(11-14)27-13-20(24)28-12-19-21(22(25)26-3)15(2)17-9-4-5-10-18(17)23-19/h4-11H,12-13H2,1-3H3. The Morgan fingerprint density at radius 2 is 1.82 bits per heavy atom. The highest BCUT2D eigenvalue weighted by molar-refractivity contribution is 5.98. The molecule has 28 heavy (non-hydrogen) atoms. The van der Waals surface area contributed by atoms with Crippen molar-refractivity contribution in [2.45, 2.75) is 20.5 Å². The Morgan fingerprint density at radius 3 is 2.57 bits per heavy atom. The molecule has 0 aliphatic rings. The number of aromatic nitrogens is 1. The van der Waals surface area contributed by atoms with Crippen LogP contribution in [0.1, 0.15) is 27.2 Å². The van der Waals surface area contributed by atoms with Gasteiger partial charge in [-0.1, -0.05) is 30.3 Å². The summed E-state index contributed by atoms with van der Waals surface area (Å²) >= 11 is 0. The van der Waals surface area contributed by atoms with Crippen LogP contribution in [-0.2, 0) is 20.9 Å². The number of carbonyl (C=O) groups is 2. The molecule has 1 heterocycles. The minimum Gasteiger partial charge on any atom is -0.482 e. The van der Waals surface area contributed by atoms with Crippen molar-refractivity contribution in [1.82, 2.24) is 4.98 Å². The summed E-state index contributed by atoms with van der Waals surface area (Å²) in [7, 11) is 1.31. The number of carbonyl (C=O) groups excluding carboxylic acids is 2. The summed E-state index contributed by atoms with van der Waals surface area (Å²) < 4.78 is 15.6. The zero-order valence-electron chi connectivity index (χ0n) is 16.0. The van der Waals surface area contributed by atoms with Crippen molar-refractivity contribution in [2.75, 3.05) is 13.7 Å². The molecule has 2 aromatic carbocycles. The third-order valence-electron chi connectivity index (χ3n) is 4.33. The van der Waals surface area contributed by atoms with Crippen molar-refractivity contribution in [1.29, 1.82) is 0 Å². The third-order valence-corrected chi connectivity index (χ3v) is 4.33. The van der Waals surface area contributed by atoms with Crippen LogP contribution in [0.25, 0.3) is 10.9 Å². The van der Waals surface area contributed by atoms with Crippen LogP contribution in [0.3, 0.4) is 0 Å². The minimum atomic E-state index is -0.551. The Labute approximate surface area is 163 Å². The van der Waals surface area contributed by atoms with Gasteiger partial charge in [-0.05, 0) is 43.2 Å². The van der Waals surface area contributed by atoms with Crippen LogP contribution in [0.2, 0.25) is 0 Å². The molecule has 0 amide bonds. The molecule has 0 saturated heterocycles. The summed E-state index contributed by atoms with van der Waals surface area (Å²) in [5.74, 6) is -0.477. The average Bonchev–Trinajstić information content (AvgIpc) is 2.70.